The molecule has 36 heavy (non-hydrogen) atoms. The van der Waals surface area contributed by atoms with E-state index in [2.05, 4.69) is 10.3 Å². The molecule has 0 unspecified atom stereocenters. The first-order valence-corrected chi connectivity index (χ1v) is 12.3. The smallest absolute Gasteiger partial charge is 0.268 e. The number of carbonyl (C=O) groups is 1. The first-order chi connectivity index (χ1) is 17.6. The lowest BCUT2D eigenvalue weighted by Crippen LogP contribution is -2.13. The maximum Gasteiger partial charge on any atom is 0.268 e. The number of carbonyl (C=O) groups excluding carboxylic acids is 1. The molecule has 0 radical (unpaired) electrons. The summed E-state index contributed by atoms with van der Waals surface area (Å²) in [5, 5.41) is 12.7. The normalized spacial score (nSPS) is 11.1. The van der Waals surface area contributed by atoms with Crippen molar-refractivity contribution in [1.82, 2.24) is 4.98 Å². The third-order valence-electron chi connectivity index (χ3n) is 5.15. The van der Waals surface area contributed by atoms with Gasteiger partial charge in [0.15, 0.2) is 16.6 Å². The summed E-state index contributed by atoms with van der Waals surface area (Å²) in [5.41, 5.74) is 2.45. The summed E-state index contributed by atoms with van der Waals surface area (Å²) in [6.07, 6.45) is 1.51. The summed E-state index contributed by atoms with van der Waals surface area (Å²) < 4.78 is 18.3. The molecular formula is C28H25N3O4S. The second-order valence-corrected chi connectivity index (χ2v) is 8.74. The molecule has 0 aliphatic heterocycles. The maximum atomic E-state index is 12.7. The van der Waals surface area contributed by atoms with Gasteiger partial charge in [-0.25, -0.2) is 4.98 Å². The summed E-state index contributed by atoms with van der Waals surface area (Å²) >= 11 is 1.35. The molecule has 0 saturated heterocycles. The molecule has 8 heteroatoms. The number of ether oxygens (including phenoxy) is 3. The van der Waals surface area contributed by atoms with Crippen molar-refractivity contribution in [2.75, 3.05) is 25.1 Å². The monoisotopic (exact) mass is 499 g/mol. The van der Waals surface area contributed by atoms with Crippen LogP contribution in [0, 0.1) is 18.3 Å². The Bertz CT molecular complexity index is 1410. The van der Waals surface area contributed by atoms with Crippen LogP contribution in [0.5, 0.6) is 17.2 Å². The Labute approximate surface area is 213 Å². The number of hydrogen-bond donors (Lipinski definition) is 1. The molecule has 0 saturated carbocycles. The Morgan fingerprint density at radius 1 is 1.00 bits per heavy atom. The fourth-order valence-electron chi connectivity index (χ4n) is 3.43. The first kappa shape index (κ1) is 24.8. The van der Waals surface area contributed by atoms with Gasteiger partial charge in [-0.05, 0) is 61.4 Å². The standard InChI is InChI=1S/C28H25N3O4S/c1-3-33-25-17-20(12-13-24(25)35-15-14-34-23-10-6-4-8-19(23)2)16-21(18-29)27(32)31-28-30-22-9-5-7-11-26(22)36-28/h4-13,16-17H,3,14-15H2,1-2H3,(H,30,31,32)/b21-16+. The van der Waals surface area contributed by atoms with Crippen molar-refractivity contribution in [3.8, 4) is 23.3 Å². The summed E-state index contributed by atoms with van der Waals surface area (Å²) in [6, 6.07) is 22.6. The number of aryl methyl sites for hydroxylation is 1. The predicted octanol–water partition coefficient (Wildman–Crippen LogP) is 6.01. The third-order valence-corrected chi connectivity index (χ3v) is 6.10. The van der Waals surface area contributed by atoms with Gasteiger partial charge < -0.3 is 14.2 Å². The molecule has 0 bridgehead atoms. The van der Waals surface area contributed by atoms with Crippen molar-refractivity contribution >= 4 is 38.7 Å². The van der Waals surface area contributed by atoms with E-state index in [1.165, 1.54) is 17.4 Å². The highest BCUT2D eigenvalue weighted by Gasteiger charge is 2.14. The van der Waals surface area contributed by atoms with Crippen molar-refractivity contribution < 1.29 is 19.0 Å². The van der Waals surface area contributed by atoms with Crippen LogP contribution in [0.2, 0.25) is 0 Å². The van der Waals surface area contributed by atoms with E-state index in [0.29, 0.717) is 42.0 Å². The fourth-order valence-corrected chi connectivity index (χ4v) is 4.29. The minimum absolute atomic E-state index is 0.0444. The molecule has 3 aromatic carbocycles. The molecule has 1 N–H and O–H groups in total. The van der Waals surface area contributed by atoms with E-state index >= 15 is 0 Å². The number of aromatic nitrogens is 1. The summed E-state index contributed by atoms with van der Waals surface area (Å²) in [5.74, 6) is 1.37. The zero-order valence-corrected chi connectivity index (χ0v) is 20.8. The largest absolute Gasteiger partial charge is 0.490 e. The van der Waals surface area contributed by atoms with E-state index < -0.39 is 5.91 Å². The molecular weight excluding hydrogens is 474 g/mol. The molecule has 0 fully saturated rings. The van der Waals surface area contributed by atoms with Crippen LogP contribution in [0.4, 0.5) is 5.13 Å². The molecule has 1 amide bonds. The Kier molecular flexibility index (Phi) is 8.16. The topological polar surface area (TPSA) is 93.5 Å². The van der Waals surface area contributed by atoms with Crippen molar-refractivity contribution in [2.45, 2.75) is 13.8 Å². The van der Waals surface area contributed by atoms with Crippen LogP contribution in [0.1, 0.15) is 18.1 Å². The molecule has 0 aliphatic carbocycles. The Hall–Kier alpha value is -4.35. The zero-order valence-electron chi connectivity index (χ0n) is 20.0. The molecule has 182 valence electrons. The van der Waals surface area contributed by atoms with Crippen LogP contribution < -0.4 is 19.5 Å². The highest BCUT2D eigenvalue weighted by molar-refractivity contribution is 7.22. The van der Waals surface area contributed by atoms with Crippen LogP contribution >= 0.6 is 11.3 Å². The average Bonchev–Trinajstić information content (AvgIpc) is 3.29. The third kappa shape index (κ3) is 6.20. The van der Waals surface area contributed by atoms with Crippen molar-refractivity contribution in [1.29, 1.82) is 5.26 Å². The van der Waals surface area contributed by atoms with Crippen LogP contribution in [0.15, 0.2) is 72.3 Å². The molecule has 0 spiro atoms. The average molecular weight is 500 g/mol. The lowest BCUT2D eigenvalue weighted by molar-refractivity contribution is -0.112. The van der Waals surface area contributed by atoms with Gasteiger partial charge in [-0.3, -0.25) is 10.1 Å². The van der Waals surface area contributed by atoms with Gasteiger partial charge in [0.2, 0.25) is 0 Å². The van der Waals surface area contributed by atoms with E-state index in [9.17, 15) is 10.1 Å². The van der Waals surface area contributed by atoms with Crippen LogP contribution in [-0.2, 0) is 4.79 Å². The van der Waals surface area contributed by atoms with Gasteiger partial charge in [0.1, 0.15) is 30.6 Å². The Morgan fingerprint density at radius 2 is 1.75 bits per heavy atom. The van der Waals surface area contributed by atoms with Gasteiger partial charge in [-0.2, -0.15) is 5.26 Å². The van der Waals surface area contributed by atoms with E-state index in [-0.39, 0.29) is 5.57 Å². The summed E-state index contributed by atoms with van der Waals surface area (Å²) in [6.45, 7) is 5.01. The van der Waals surface area contributed by atoms with E-state index in [1.807, 2.05) is 68.4 Å². The zero-order chi connectivity index (χ0) is 25.3. The number of amides is 1. The van der Waals surface area contributed by atoms with Crippen molar-refractivity contribution in [3.05, 3.63) is 83.4 Å². The highest BCUT2D eigenvalue weighted by atomic mass is 32.1. The first-order valence-electron chi connectivity index (χ1n) is 11.4. The lowest BCUT2D eigenvalue weighted by atomic mass is 10.1. The Balaban J connectivity index is 1.43. The van der Waals surface area contributed by atoms with Gasteiger partial charge in [0, 0.05) is 0 Å². The van der Waals surface area contributed by atoms with E-state index in [1.54, 1.807) is 18.2 Å². The molecule has 1 aromatic heterocycles. The predicted molar refractivity (Wildman–Crippen MR) is 142 cm³/mol. The lowest BCUT2D eigenvalue weighted by Gasteiger charge is -2.14. The number of nitrogens with zero attached hydrogens (tertiary/aromatic N) is 2. The minimum atomic E-state index is -0.525. The SMILES string of the molecule is CCOc1cc(/C=C(\C#N)C(=O)Nc2nc3ccccc3s2)ccc1OCCOc1ccccc1C. The highest BCUT2D eigenvalue weighted by Crippen LogP contribution is 2.30. The number of anilines is 1. The Morgan fingerprint density at radius 3 is 2.50 bits per heavy atom. The number of benzene rings is 3. The van der Waals surface area contributed by atoms with Crippen molar-refractivity contribution in [2.24, 2.45) is 0 Å². The van der Waals surface area contributed by atoms with Gasteiger partial charge in [0.05, 0.1) is 16.8 Å². The molecule has 4 aromatic rings. The van der Waals surface area contributed by atoms with Gasteiger partial charge in [0.25, 0.3) is 5.91 Å². The molecule has 1 heterocycles. The quantitative estimate of drug-likeness (QED) is 0.163. The summed E-state index contributed by atoms with van der Waals surface area (Å²) in [7, 11) is 0. The van der Waals surface area contributed by atoms with E-state index in [0.717, 1.165) is 21.5 Å². The number of rotatable bonds is 10. The van der Waals surface area contributed by atoms with Crippen LogP contribution in [-0.4, -0.2) is 30.7 Å². The second kappa shape index (κ2) is 11.9. The van der Waals surface area contributed by atoms with E-state index in [4.69, 9.17) is 14.2 Å². The van der Waals surface area contributed by atoms with Gasteiger partial charge in [-0.1, -0.05) is 47.7 Å². The second-order valence-electron chi connectivity index (χ2n) is 7.71. The van der Waals surface area contributed by atoms with Crippen molar-refractivity contribution in [3.63, 3.8) is 0 Å². The van der Waals surface area contributed by atoms with Crippen LogP contribution in [0.3, 0.4) is 0 Å². The fraction of sp³-hybridized carbons (Fsp3) is 0.179. The number of nitrogens with one attached hydrogen (secondary N) is 1. The number of para-hydroxylation sites is 2. The maximum absolute atomic E-state index is 12.7. The molecule has 7 nitrogen and oxygen atoms in total. The number of hydrogen-bond acceptors (Lipinski definition) is 7. The summed E-state index contributed by atoms with van der Waals surface area (Å²) in [4.78, 5) is 17.1. The number of fused-ring (bicyclic) bond motifs is 1. The van der Waals surface area contributed by atoms with Crippen LogP contribution in [0.25, 0.3) is 16.3 Å². The molecule has 0 atom stereocenters. The number of nitriles is 1. The molecule has 0 aliphatic rings. The minimum Gasteiger partial charge on any atom is -0.490 e. The van der Waals surface area contributed by atoms with Gasteiger partial charge in [-0.15, -0.1) is 0 Å². The van der Waals surface area contributed by atoms with Gasteiger partial charge >= 0.3 is 0 Å². The number of thiazole rings is 1. The molecule has 4 rings (SSSR count).